The van der Waals surface area contributed by atoms with E-state index in [2.05, 4.69) is 38.1 Å². The normalized spacial score (nSPS) is 10.6. The Bertz CT molecular complexity index is 774. The molecule has 0 fully saturated rings. The zero-order valence-electron chi connectivity index (χ0n) is 11.9. The van der Waals surface area contributed by atoms with Gasteiger partial charge in [0.15, 0.2) is 5.82 Å². The highest BCUT2D eigenvalue weighted by atomic mass is 127. The molecule has 0 saturated carbocycles. The first-order valence-corrected chi connectivity index (χ1v) is 7.77. The molecule has 0 saturated heterocycles. The van der Waals surface area contributed by atoms with E-state index >= 15 is 0 Å². The summed E-state index contributed by atoms with van der Waals surface area (Å²) in [5.41, 5.74) is 1.68. The highest BCUT2D eigenvalue weighted by Gasteiger charge is 2.16. The molecular formula is C15H14IN5O. The van der Waals surface area contributed by atoms with Crippen LogP contribution in [0.15, 0.2) is 48.8 Å². The van der Waals surface area contributed by atoms with Gasteiger partial charge in [0.25, 0.3) is 5.91 Å². The topological polar surface area (TPSA) is 64.7 Å². The predicted molar refractivity (Wildman–Crippen MR) is 91.6 cm³/mol. The summed E-state index contributed by atoms with van der Waals surface area (Å²) in [6, 6.07) is 11.8. The Hall–Kier alpha value is -2.16. The monoisotopic (exact) mass is 407 g/mol. The molecule has 2 heterocycles. The average molecular weight is 407 g/mol. The minimum Gasteiger partial charge on any atom is -0.304 e. The van der Waals surface area contributed by atoms with Crippen LogP contribution in [0.5, 0.6) is 0 Å². The molecule has 0 radical (unpaired) electrons. The van der Waals surface area contributed by atoms with Gasteiger partial charge in [-0.3, -0.25) is 14.2 Å². The van der Waals surface area contributed by atoms with Gasteiger partial charge in [-0.2, -0.15) is 10.2 Å². The third kappa shape index (κ3) is 3.19. The van der Waals surface area contributed by atoms with Crippen LogP contribution in [0.2, 0.25) is 0 Å². The Morgan fingerprint density at radius 2 is 2.05 bits per heavy atom. The first-order valence-electron chi connectivity index (χ1n) is 6.70. The molecule has 3 aromatic rings. The summed E-state index contributed by atoms with van der Waals surface area (Å²) in [6.45, 7) is 0.667. The van der Waals surface area contributed by atoms with Crippen LogP contribution in [-0.4, -0.2) is 25.5 Å². The molecular weight excluding hydrogens is 393 g/mol. The maximum absolute atomic E-state index is 12.3. The molecule has 0 aliphatic rings. The molecule has 0 bridgehead atoms. The highest BCUT2D eigenvalue weighted by Crippen LogP contribution is 2.13. The molecule has 7 heteroatoms. The van der Waals surface area contributed by atoms with Crippen LogP contribution in [0.4, 0.5) is 5.82 Å². The number of aryl methyl sites for hydroxylation is 1. The molecule has 3 rings (SSSR count). The fourth-order valence-corrected chi connectivity index (χ4v) is 2.85. The molecule has 1 amide bonds. The van der Waals surface area contributed by atoms with Gasteiger partial charge in [-0.05, 0) is 28.2 Å². The van der Waals surface area contributed by atoms with Gasteiger partial charge >= 0.3 is 0 Å². The Morgan fingerprint density at radius 3 is 2.73 bits per heavy atom. The number of nitrogens with one attached hydrogen (secondary N) is 1. The fraction of sp³-hybridized carbons (Fsp3) is 0.133. The molecule has 6 nitrogen and oxygen atoms in total. The summed E-state index contributed by atoms with van der Waals surface area (Å²) in [5, 5.41) is 11.2. The Balaban J connectivity index is 1.71. The Morgan fingerprint density at radius 1 is 1.27 bits per heavy atom. The minimum absolute atomic E-state index is 0.214. The third-order valence-corrected chi connectivity index (χ3v) is 3.97. The summed E-state index contributed by atoms with van der Waals surface area (Å²) in [5.74, 6) is 0.312. The van der Waals surface area contributed by atoms with Gasteiger partial charge in [-0.1, -0.05) is 30.3 Å². The molecule has 2 aromatic heterocycles. The van der Waals surface area contributed by atoms with Gasteiger partial charge in [0.1, 0.15) is 5.69 Å². The first-order chi connectivity index (χ1) is 10.6. The Kier molecular flexibility index (Phi) is 4.23. The molecule has 0 unspecified atom stereocenters. The lowest BCUT2D eigenvalue weighted by atomic mass is 10.2. The van der Waals surface area contributed by atoms with Crippen LogP contribution in [-0.2, 0) is 13.6 Å². The van der Waals surface area contributed by atoms with Crippen molar-refractivity contribution < 1.29 is 4.79 Å². The zero-order valence-corrected chi connectivity index (χ0v) is 14.1. The van der Waals surface area contributed by atoms with E-state index in [1.54, 1.807) is 28.7 Å². The van der Waals surface area contributed by atoms with Gasteiger partial charge < -0.3 is 5.32 Å². The summed E-state index contributed by atoms with van der Waals surface area (Å²) in [4.78, 5) is 12.3. The lowest BCUT2D eigenvalue weighted by molar-refractivity contribution is 0.101. The second-order valence-corrected chi connectivity index (χ2v) is 5.97. The predicted octanol–water partition coefficient (Wildman–Crippen LogP) is 2.52. The van der Waals surface area contributed by atoms with Gasteiger partial charge in [0.2, 0.25) is 0 Å². The van der Waals surface area contributed by atoms with Gasteiger partial charge in [-0.25, -0.2) is 0 Å². The smallest absolute Gasteiger partial charge is 0.276 e. The van der Waals surface area contributed by atoms with Crippen molar-refractivity contribution in [3.63, 3.8) is 0 Å². The van der Waals surface area contributed by atoms with Crippen LogP contribution in [0.1, 0.15) is 16.1 Å². The second kappa shape index (κ2) is 6.30. The van der Waals surface area contributed by atoms with Crippen molar-refractivity contribution in [2.75, 3.05) is 5.32 Å². The van der Waals surface area contributed by atoms with Crippen molar-refractivity contribution in [1.29, 1.82) is 0 Å². The molecule has 112 valence electrons. The minimum atomic E-state index is -0.214. The Labute approximate surface area is 141 Å². The van der Waals surface area contributed by atoms with E-state index in [0.29, 0.717) is 18.1 Å². The van der Waals surface area contributed by atoms with E-state index in [1.165, 1.54) is 0 Å². The van der Waals surface area contributed by atoms with Crippen molar-refractivity contribution in [2.24, 2.45) is 7.05 Å². The number of nitrogens with zero attached hydrogens (tertiary/aromatic N) is 4. The number of amides is 1. The number of carbonyl (C=O) groups is 1. The number of anilines is 1. The van der Waals surface area contributed by atoms with Gasteiger partial charge in [-0.15, -0.1) is 0 Å². The van der Waals surface area contributed by atoms with Gasteiger partial charge in [0.05, 0.1) is 16.3 Å². The van der Waals surface area contributed by atoms with Crippen LogP contribution in [0.3, 0.4) is 0 Å². The summed E-state index contributed by atoms with van der Waals surface area (Å²) >= 11 is 2.09. The van der Waals surface area contributed by atoms with E-state index in [4.69, 9.17) is 0 Å². The third-order valence-electron chi connectivity index (χ3n) is 3.18. The lowest BCUT2D eigenvalue weighted by Gasteiger charge is -2.04. The quantitative estimate of drug-likeness (QED) is 0.677. The van der Waals surface area contributed by atoms with Crippen LogP contribution >= 0.6 is 22.6 Å². The average Bonchev–Trinajstić information content (AvgIpc) is 3.07. The fourth-order valence-electron chi connectivity index (χ4n) is 2.13. The van der Waals surface area contributed by atoms with Crippen molar-refractivity contribution in [3.05, 3.63) is 63.6 Å². The summed E-state index contributed by atoms with van der Waals surface area (Å²) < 4.78 is 4.15. The van der Waals surface area contributed by atoms with Crippen molar-refractivity contribution >= 4 is 34.3 Å². The molecule has 0 aliphatic heterocycles. The molecule has 1 N–H and O–H groups in total. The number of carbonyl (C=O) groups excluding carboxylic acids is 1. The maximum Gasteiger partial charge on any atom is 0.276 e. The van der Waals surface area contributed by atoms with Crippen LogP contribution < -0.4 is 5.32 Å². The number of hydrogen-bond donors (Lipinski definition) is 1. The number of hydrogen-bond acceptors (Lipinski definition) is 3. The molecule has 0 atom stereocenters. The van der Waals surface area contributed by atoms with Gasteiger partial charge in [0, 0.05) is 19.3 Å². The highest BCUT2D eigenvalue weighted by molar-refractivity contribution is 14.1. The van der Waals surface area contributed by atoms with Crippen molar-refractivity contribution in [1.82, 2.24) is 19.6 Å². The standard InChI is InChI=1S/C15H14IN5O/c1-20-14(12(16)9-17-20)15(22)18-13-7-8-21(19-13)10-11-5-3-2-4-6-11/h2-9H,10H2,1H3,(H,18,19,22). The zero-order chi connectivity index (χ0) is 15.5. The summed E-state index contributed by atoms with van der Waals surface area (Å²) in [7, 11) is 1.74. The molecule has 0 spiro atoms. The SMILES string of the molecule is Cn1ncc(I)c1C(=O)Nc1ccn(Cc2ccccc2)n1. The maximum atomic E-state index is 12.3. The van der Waals surface area contributed by atoms with E-state index in [9.17, 15) is 4.79 Å². The van der Waals surface area contributed by atoms with Crippen molar-refractivity contribution in [3.8, 4) is 0 Å². The van der Waals surface area contributed by atoms with Crippen LogP contribution in [0.25, 0.3) is 0 Å². The second-order valence-electron chi connectivity index (χ2n) is 4.80. The largest absolute Gasteiger partial charge is 0.304 e. The van der Waals surface area contributed by atoms with E-state index in [1.807, 2.05) is 36.5 Å². The van der Waals surface area contributed by atoms with E-state index < -0.39 is 0 Å². The lowest BCUT2D eigenvalue weighted by Crippen LogP contribution is -2.17. The number of rotatable bonds is 4. The molecule has 22 heavy (non-hydrogen) atoms. The number of aromatic nitrogens is 4. The molecule has 0 aliphatic carbocycles. The first kappa shape index (κ1) is 14.8. The van der Waals surface area contributed by atoms with Crippen molar-refractivity contribution in [2.45, 2.75) is 6.54 Å². The molecule has 1 aromatic carbocycles. The van der Waals surface area contributed by atoms with E-state index in [-0.39, 0.29) is 5.91 Å². The van der Waals surface area contributed by atoms with Crippen LogP contribution in [0, 0.1) is 3.57 Å². The number of halogens is 1. The number of benzene rings is 1. The van der Waals surface area contributed by atoms with E-state index in [0.717, 1.165) is 9.13 Å². The summed E-state index contributed by atoms with van der Waals surface area (Å²) in [6.07, 6.45) is 3.50.